The van der Waals surface area contributed by atoms with Gasteiger partial charge < -0.3 is 14.4 Å². The Morgan fingerprint density at radius 2 is 2.04 bits per heavy atom. The molecule has 0 aliphatic rings. The van der Waals surface area contributed by atoms with Crippen LogP contribution in [0.25, 0.3) is 0 Å². The standard InChI is InChI=1S/C20H29FN2O2/c1-3-7-19(24)16-22(12-13-25-2)15-18-9-6-11-23(18)14-17-8-4-5-10-20(17)21/h4-6,8-11,19,24H,3,7,12-16H2,1-2H3/t19-/m1/s1. The van der Waals surface area contributed by atoms with E-state index in [1.165, 1.54) is 6.07 Å². The van der Waals surface area contributed by atoms with Crippen LogP contribution in [0.5, 0.6) is 0 Å². The number of methoxy groups -OCH3 is 1. The molecule has 1 N–H and O–H groups in total. The van der Waals surface area contributed by atoms with Crippen molar-refractivity contribution in [3.63, 3.8) is 0 Å². The summed E-state index contributed by atoms with van der Waals surface area (Å²) in [4.78, 5) is 2.19. The molecule has 4 nitrogen and oxygen atoms in total. The summed E-state index contributed by atoms with van der Waals surface area (Å²) in [5.74, 6) is -0.184. The van der Waals surface area contributed by atoms with Crippen LogP contribution in [-0.2, 0) is 17.8 Å². The van der Waals surface area contributed by atoms with E-state index < -0.39 is 0 Å². The van der Waals surface area contributed by atoms with Crippen LogP contribution < -0.4 is 0 Å². The van der Waals surface area contributed by atoms with Crippen LogP contribution in [-0.4, -0.2) is 47.5 Å². The van der Waals surface area contributed by atoms with Gasteiger partial charge in [0.05, 0.1) is 19.3 Å². The van der Waals surface area contributed by atoms with Gasteiger partial charge in [0.2, 0.25) is 0 Å². The Hall–Kier alpha value is -1.69. The quantitative estimate of drug-likeness (QED) is 0.677. The number of benzene rings is 1. The number of ether oxygens (including phenoxy) is 1. The average Bonchev–Trinajstić information content (AvgIpc) is 3.02. The van der Waals surface area contributed by atoms with E-state index >= 15 is 0 Å². The summed E-state index contributed by atoms with van der Waals surface area (Å²) in [6.45, 7) is 5.26. The molecule has 1 heterocycles. The summed E-state index contributed by atoms with van der Waals surface area (Å²) < 4.78 is 21.2. The van der Waals surface area contributed by atoms with Gasteiger partial charge in [-0.2, -0.15) is 0 Å². The minimum atomic E-state index is -0.336. The van der Waals surface area contributed by atoms with Gasteiger partial charge >= 0.3 is 0 Å². The Morgan fingerprint density at radius 1 is 1.24 bits per heavy atom. The number of rotatable bonds is 11. The molecule has 1 aromatic heterocycles. The fraction of sp³-hybridized carbons (Fsp3) is 0.500. The molecule has 0 aliphatic carbocycles. The topological polar surface area (TPSA) is 37.6 Å². The lowest BCUT2D eigenvalue weighted by molar-refractivity contribution is 0.0788. The van der Waals surface area contributed by atoms with Crippen LogP contribution in [0.1, 0.15) is 31.0 Å². The summed E-state index contributed by atoms with van der Waals surface area (Å²) in [5, 5.41) is 10.1. The highest BCUT2D eigenvalue weighted by Gasteiger charge is 2.14. The summed E-state index contributed by atoms with van der Waals surface area (Å²) in [6.07, 6.45) is 3.39. The highest BCUT2D eigenvalue weighted by Crippen LogP contribution is 2.14. The smallest absolute Gasteiger partial charge is 0.128 e. The fourth-order valence-electron chi connectivity index (χ4n) is 2.96. The van der Waals surface area contributed by atoms with Gasteiger partial charge in [0.1, 0.15) is 5.82 Å². The van der Waals surface area contributed by atoms with Crippen molar-refractivity contribution in [3.8, 4) is 0 Å². The monoisotopic (exact) mass is 348 g/mol. The van der Waals surface area contributed by atoms with Gasteiger partial charge in [-0.1, -0.05) is 31.5 Å². The summed E-state index contributed by atoms with van der Waals surface area (Å²) in [5.41, 5.74) is 1.78. The van der Waals surface area contributed by atoms with E-state index in [4.69, 9.17) is 4.74 Å². The average molecular weight is 348 g/mol. The molecule has 25 heavy (non-hydrogen) atoms. The highest BCUT2D eigenvalue weighted by atomic mass is 19.1. The Morgan fingerprint density at radius 3 is 2.76 bits per heavy atom. The fourth-order valence-corrected chi connectivity index (χ4v) is 2.96. The van der Waals surface area contributed by atoms with Crippen LogP contribution in [0.3, 0.4) is 0 Å². The van der Waals surface area contributed by atoms with Crippen molar-refractivity contribution in [2.75, 3.05) is 26.8 Å². The second kappa shape index (κ2) is 10.3. The van der Waals surface area contributed by atoms with Crippen molar-refractivity contribution in [1.29, 1.82) is 0 Å². The van der Waals surface area contributed by atoms with Crippen molar-refractivity contribution in [1.82, 2.24) is 9.47 Å². The number of nitrogens with zero attached hydrogens (tertiary/aromatic N) is 2. The van der Waals surface area contributed by atoms with E-state index in [1.807, 2.05) is 30.5 Å². The lowest BCUT2D eigenvalue weighted by atomic mass is 10.2. The van der Waals surface area contributed by atoms with Crippen LogP contribution >= 0.6 is 0 Å². The molecule has 0 saturated heterocycles. The van der Waals surface area contributed by atoms with Gasteiger partial charge in [0, 0.05) is 44.2 Å². The van der Waals surface area contributed by atoms with Crippen molar-refractivity contribution in [2.45, 2.75) is 39.0 Å². The number of hydrogen-bond acceptors (Lipinski definition) is 3. The first kappa shape index (κ1) is 19.6. The molecule has 5 heteroatoms. The Balaban J connectivity index is 2.06. The largest absolute Gasteiger partial charge is 0.392 e. The van der Waals surface area contributed by atoms with E-state index in [0.717, 1.165) is 25.1 Å². The van der Waals surface area contributed by atoms with Crippen LogP contribution in [0.15, 0.2) is 42.6 Å². The molecule has 0 fully saturated rings. The molecule has 0 spiro atoms. The first-order chi connectivity index (χ1) is 12.1. The normalized spacial score (nSPS) is 12.7. The van der Waals surface area contributed by atoms with Crippen LogP contribution in [0.4, 0.5) is 4.39 Å². The highest BCUT2D eigenvalue weighted by molar-refractivity contribution is 5.19. The number of aliphatic hydroxyl groups is 1. The molecule has 2 rings (SSSR count). The number of halogens is 1. The minimum Gasteiger partial charge on any atom is -0.392 e. The van der Waals surface area contributed by atoms with Gasteiger partial charge in [-0.05, 0) is 24.6 Å². The van der Waals surface area contributed by atoms with Crippen molar-refractivity contribution in [2.24, 2.45) is 0 Å². The molecule has 1 aromatic carbocycles. The maximum atomic E-state index is 13.9. The minimum absolute atomic E-state index is 0.184. The summed E-state index contributed by atoms with van der Waals surface area (Å²) in [7, 11) is 1.68. The lowest BCUT2D eigenvalue weighted by Crippen LogP contribution is -2.35. The third-order valence-electron chi connectivity index (χ3n) is 4.31. The van der Waals surface area contributed by atoms with Crippen LogP contribution in [0.2, 0.25) is 0 Å². The number of hydrogen-bond donors (Lipinski definition) is 1. The molecule has 1 atom stereocenters. The van der Waals surface area contributed by atoms with Gasteiger partial charge in [0.25, 0.3) is 0 Å². The Labute approximate surface area is 149 Å². The number of aliphatic hydroxyl groups excluding tert-OH is 1. The molecule has 138 valence electrons. The lowest BCUT2D eigenvalue weighted by Gasteiger charge is -2.25. The van der Waals surface area contributed by atoms with E-state index in [0.29, 0.717) is 31.8 Å². The zero-order chi connectivity index (χ0) is 18.1. The van der Waals surface area contributed by atoms with Gasteiger partial charge in [0.15, 0.2) is 0 Å². The molecular weight excluding hydrogens is 319 g/mol. The van der Waals surface area contributed by atoms with Gasteiger partial charge in [-0.25, -0.2) is 4.39 Å². The first-order valence-corrected chi connectivity index (χ1v) is 8.90. The molecule has 0 bridgehead atoms. The Bertz CT molecular complexity index is 630. The van der Waals surface area contributed by atoms with Gasteiger partial charge in [-0.15, -0.1) is 0 Å². The second-order valence-corrected chi connectivity index (χ2v) is 6.39. The van der Waals surface area contributed by atoms with E-state index in [1.54, 1.807) is 13.2 Å². The maximum absolute atomic E-state index is 13.9. The van der Waals surface area contributed by atoms with Crippen molar-refractivity contribution < 1.29 is 14.2 Å². The third kappa shape index (κ3) is 6.27. The molecule has 0 saturated carbocycles. The summed E-state index contributed by atoms with van der Waals surface area (Å²) in [6, 6.07) is 10.9. The zero-order valence-electron chi connectivity index (χ0n) is 15.2. The molecule has 0 amide bonds. The molecule has 0 unspecified atom stereocenters. The molecule has 2 aromatic rings. The van der Waals surface area contributed by atoms with Gasteiger partial charge in [-0.3, -0.25) is 4.90 Å². The SMILES string of the molecule is CCC[C@@H](O)CN(CCOC)Cc1cccn1Cc1ccccc1F. The van der Waals surface area contributed by atoms with Crippen LogP contribution in [0, 0.1) is 5.82 Å². The molecule has 0 aliphatic heterocycles. The predicted octanol–water partition coefficient (Wildman–Crippen LogP) is 3.28. The van der Waals surface area contributed by atoms with E-state index in [-0.39, 0.29) is 11.9 Å². The zero-order valence-corrected chi connectivity index (χ0v) is 15.2. The maximum Gasteiger partial charge on any atom is 0.128 e. The molecule has 0 radical (unpaired) electrons. The Kier molecular flexibility index (Phi) is 8.12. The van der Waals surface area contributed by atoms with E-state index in [9.17, 15) is 9.50 Å². The van der Waals surface area contributed by atoms with E-state index in [2.05, 4.69) is 16.4 Å². The first-order valence-electron chi connectivity index (χ1n) is 8.90. The predicted molar refractivity (Wildman–Crippen MR) is 98.0 cm³/mol. The van der Waals surface area contributed by atoms with Crippen molar-refractivity contribution >= 4 is 0 Å². The van der Waals surface area contributed by atoms with Crippen molar-refractivity contribution in [3.05, 3.63) is 59.7 Å². The summed E-state index contributed by atoms with van der Waals surface area (Å²) >= 11 is 0. The number of aromatic nitrogens is 1. The third-order valence-corrected chi connectivity index (χ3v) is 4.31. The molecular formula is C20H29FN2O2. The second-order valence-electron chi connectivity index (χ2n) is 6.39.